The molecule has 0 aromatic carbocycles. The van der Waals surface area contributed by atoms with Crippen molar-refractivity contribution in [2.24, 2.45) is 5.73 Å². The van der Waals surface area contributed by atoms with E-state index in [-0.39, 0.29) is 12.1 Å². The summed E-state index contributed by atoms with van der Waals surface area (Å²) in [5.74, 6) is 0. The third kappa shape index (κ3) is 4.01. The number of unbranched alkanes of at least 4 members (excludes halogenated alkanes) is 1. The van der Waals surface area contributed by atoms with E-state index in [1.165, 1.54) is 0 Å². The van der Waals surface area contributed by atoms with Gasteiger partial charge >= 0.3 is 0 Å². The molecule has 0 heterocycles. The van der Waals surface area contributed by atoms with Crippen LogP contribution in [-0.2, 0) is 4.74 Å². The van der Waals surface area contributed by atoms with Gasteiger partial charge in [-0.3, -0.25) is 0 Å². The standard InChI is InChI=1S/C12H26N2O2/c1-16-11-4-6-12(10-13,7-5-11)14-8-2-3-9-15/h11,14-15H,2-10,13H2,1H3. The molecule has 1 fully saturated rings. The number of aliphatic hydroxyl groups is 1. The average molecular weight is 230 g/mol. The number of nitrogens with two attached hydrogens (primary N) is 1. The first kappa shape index (κ1) is 13.9. The van der Waals surface area contributed by atoms with E-state index >= 15 is 0 Å². The van der Waals surface area contributed by atoms with Crippen molar-refractivity contribution in [2.45, 2.75) is 50.2 Å². The van der Waals surface area contributed by atoms with Gasteiger partial charge in [-0.1, -0.05) is 0 Å². The van der Waals surface area contributed by atoms with E-state index in [1.54, 1.807) is 7.11 Å². The number of hydrogen-bond acceptors (Lipinski definition) is 4. The lowest BCUT2D eigenvalue weighted by molar-refractivity contribution is 0.0431. The Hall–Kier alpha value is -0.160. The molecule has 96 valence electrons. The quantitative estimate of drug-likeness (QED) is 0.561. The van der Waals surface area contributed by atoms with Crippen LogP contribution in [0.3, 0.4) is 0 Å². The molecular weight excluding hydrogens is 204 g/mol. The molecule has 0 bridgehead atoms. The first-order chi connectivity index (χ1) is 7.76. The van der Waals surface area contributed by atoms with Crippen molar-refractivity contribution in [1.82, 2.24) is 5.32 Å². The highest BCUT2D eigenvalue weighted by molar-refractivity contribution is 4.94. The molecule has 1 aliphatic carbocycles. The van der Waals surface area contributed by atoms with Crippen molar-refractivity contribution < 1.29 is 9.84 Å². The van der Waals surface area contributed by atoms with Crippen LogP contribution in [0.25, 0.3) is 0 Å². The summed E-state index contributed by atoms with van der Waals surface area (Å²) in [6, 6.07) is 0. The number of nitrogens with one attached hydrogen (secondary N) is 1. The van der Waals surface area contributed by atoms with Gasteiger partial charge in [0.05, 0.1) is 6.10 Å². The summed E-state index contributed by atoms with van der Waals surface area (Å²) in [5, 5.41) is 12.3. The Kier molecular flexibility index (Phi) is 6.28. The Morgan fingerprint density at radius 3 is 2.56 bits per heavy atom. The SMILES string of the molecule is COC1CCC(CN)(NCCCCO)CC1. The zero-order chi connectivity index (χ0) is 11.9. The molecule has 0 aliphatic heterocycles. The maximum Gasteiger partial charge on any atom is 0.0572 e. The van der Waals surface area contributed by atoms with Gasteiger partial charge in [-0.15, -0.1) is 0 Å². The van der Waals surface area contributed by atoms with Gasteiger partial charge in [0.2, 0.25) is 0 Å². The zero-order valence-electron chi connectivity index (χ0n) is 10.4. The number of ether oxygens (including phenoxy) is 1. The Balaban J connectivity index is 2.28. The minimum absolute atomic E-state index is 0.116. The summed E-state index contributed by atoms with van der Waals surface area (Å²) in [6.07, 6.45) is 6.70. The minimum atomic E-state index is 0.116. The highest BCUT2D eigenvalue weighted by atomic mass is 16.5. The van der Waals surface area contributed by atoms with Gasteiger partial charge in [0.1, 0.15) is 0 Å². The molecule has 0 atom stereocenters. The van der Waals surface area contributed by atoms with Crippen molar-refractivity contribution >= 4 is 0 Å². The maximum atomic E-state index is 8.72. The van der Waals surface area contributed by atoms with Gasteiger partial charge in [0, 0.05) is 25.8 Å². The lowest BCUT2D eigenvalue weighted by Gasteiger charge is -2.40. The fourth-order valence-electron chi connectivity index (χ4n) is 2.42. The fraction of sp³-hybridized carbons (Fsp3) is 1.00. The highest BCUT2D eigenvalue weighted by Gasteiger charge is 2.33. The molecule has 4 heteroatoms. The van der Waals surface area contributed by atoms with Crippen LogP contribution in [0.4, 0.5) is 0 Å². The summed E-state index contributed by atoms with van der Waals surface area (Å²) in [7, 11) is 1.79. The number of hydrogen-bond donors (Lipinski definition) is 3. The largest absolute Gasteiger partial charge is 0.396 e. The molecule has 0 unspecified atom stereocenters. The van der Waals surface area contributed by atoms with Crippen molar-refractivity contribution in [2.75, 3.05) is 26.8 Å². The number of methoxy groups -OCH3 is 1. The first-order valence-corrected chi connectivity index (χ1v) is 6.35. The fourth-order valence-corrected chi connectivity index (χ4v) is 2.42. The van der Waals surface area contributed by atoms with Crippen LogP contribution in [0.15, 0.2) is 0 Å². The number of rotatable bonds is 7. The predicted molar refractivity (Wildman–Crippen MR) is 65.4 cm³/mol. The van der Waals surface area contributed by atoms with Crippen LogP contribution in [0, 0.1) is 0 Å². The van der Waals surface area contributed by atoms with Crippen molar-refractivity contribution in [3.63, 3.8) is 0 Å². The molecule has 1 saturated carbocycles. The Labute approximate surface area is 98.5 Å². The number of aliphatic hydroxyl groups excluding tert-OH is 1. The highest BCUT2D eigenvalue weighted by Crippen LogP contribution is 2.28. The Morgan fingerprint density at radius 1 is 1.38 bits per heavy atom. The monoisotopic (exact) mass is 230 g/mol. The third-order valence-electron chi connectivity index (χ3n) is 3.70. The molecule has 0 radical (unpaired) electrons. The lowest BCUT2D eigenvalue weighted by Crippen LogP contribution is -2.54. The summed E-state index contributed by atoms with van der Waals surface area (Å²) < 4.78 is 5.37. The van der Waals surface area contributed by atoms with Crippen LogP contribution in [0.2, 0.25) is 0 Å². The molecule has 0 saturated heterocycles. The van der Waals surface area contributed by atoms with Gasteiger partial charge in [0.15, 0.2) is 0 Å². The van der Waals surface area contributed by atoms with Crippen LogP contribution >= 0.6 is 0 Å². The van der Waals surface area contributed by atoms with Crippen molar-refractivity contribution in [1.29, 1.82) is 0 Å². The predicted octanol–water partition coefficient (Wildman–Crippen LogP) is 0.635. The van der Waals surface area contributed by atoms with E-state index in [9.17, 15) is 0 Å². The van der Waals surface area contributed by atoms with Gasteiger partial charge in [-0.2, -0.15) is 0 Å². The molecule has 0 amide bonds. The van der Waals surface area contributed by atoms with E-state index in [0.717, 1.165) is 45.1 Å². The van der Waals surface area contributed by atoms with Crippen molar-refractivity contribution in [3.05, 3.63) is 0 Å². The lowest BCUT2D eigenvalue weighted by atomic mass is 9.80. The second-order valence-electron chi connectivity index (χ2n) is 4.78. The molecule has 0 spiro atoms. The molecule has 0 aromatic heterocycles. The molecule has 1 aliphatic rings. The van der Waals surface area contributed by atoms with Gasteiger partial charge < -0.3 is 20.9 Å². The molecular formula is C12H26N2O2. The summed E-state index contributed by atoms with van der Waals surface area (Å²) >= 11 is 0. The van der Waals surface area contributed by atoms with E-state index in [1.807, 2.05) is 0 Å². The molecule has 1 rings (SSSR count). The van der Waals surface area contributed by atoms with E-state index in [4.69, 9.17) is 15.6 Å². The van der Waals surface area contributed by atoms with Crippen molar-refractivity contribution in [3.8, 4) is 0 Å². The molecule has 16 heavy (non-hydrogen) atoms. The van der Waals surface area contributed by atoms with E-state index in [0.29, 0.717) is 12.6 Å². The summed E-state index contributed by atoms with van der Waals surface area (Å²) in [4.78, 5) is 0. The van der Waals surface area contributed by atoms with Gasteiger partial charge in [-0.25, -0.2) is 0 Å². The maximum absolute atomic E-state index is 8.72. The molecule has 4 N–H and O–H groups in total. The van der Waals surface area contributed by atoms with Crippen LogP contribution in [0.1, 0.15) is 38.5 Å². The Morgan fingerprint density at radius 2 is 2.06 bits per heavy atom. The zero-order valence-corrected chi connectivity index (χ0v) is 10.4. The third-order valence-corrected chi connectivity index (χ3v) is 3.70. The van der Waals surface area contributed by atoms with Crippen LogP contribution < -0.4 is 11.1 Å². The van der Waals surface area contributed by atoms with E-state index < -0.39 is 0 Å². The van der Waals surface area contributed by atoms with Gasteiger partial charge in [0.25, 0.3) is 0 Å². The molecule has 4 nitrogen and oxygen atoms in total. The summed E-state index contributed by atoms with van der Waals surface area (Å²) in [6.45, 7) is 1.93. The van der Waals surface area contributed by atoms with Crippen LogP contribution in [0.5, 0.6) is 0 Å². The Bertz CT molecular complexity index is 180. The smallest absolute Gasteiger partial charge is 0.0572 e. The van der Waals surface area contributed by atoms with Gasteiger partial charge in [-0.05, 0) is 45.1 Å². The van der Waals surface area contributed by atoms with Crippen LogP contribution in [-0.4, -0.2) is 43.6 Å². The second-order valence-corrected chi connectivity index (χ2v) is 4.78. The topological polar surface area (TPSA) is 67.5 Å². The second kappa shape index (κ2) is 7.22. The summed E-state index contributed by atoms with van der Waals surface area (Å²) in [5.41, 5.74) is 6.00. The normalized spacial score (nSPS) is 30.6. The minimum Gasteiger partial charge on any atom is -0.396 e. The first-order valence-electron chi connectivity index (χ1n) is 6.35. The molecule has 0 aromatic rings. The average Bonchev–Trinajstić information content (AvgIpc) is 2.35. The van der Waals surface area contributed by atoms with E-state index in [2.05, 4.69) is 5.32 Å².